The first-order chi connectivity index (χ1) is 8.15. The van der Waals surface area contributed by atoms with Crippen LogP contribution in [0, 0.1) is 6.92 Å². The largest absolute Gasteiger partial charge is 0.399 e. The number of anilines is 1. The maximum Gasteiger partial charge on any atom is 0.0314 e. The van der Waals surface area contributed by atoms with Crippen LogP contribution in [0.3, 0.4) is 0 Å². The Kier molecular flexibility index (Phi) is 3.48. The molecular weight excluding hydrogens is 206 g/mol. The normalized spacial score (nSPS) is 12.4. The number of benzene rings is 2. The zero-order valence-electron chi connectivity index (χ0n) is 10.5. The molecule has 0 spiro atoms. The van der Waals surface area contributed by atoms with E-state index in [0.29, 0.717) is 5.92 Å². The van der Waals surface area contributed by atoms with Gasteiger partial charge < -0.3 is 5.73 Å². The van der Waals surface area contributed by atoms with Crippen molar-refractivity contribution in [2.45, 2.75) is 26.2 Å². The molecule has 0 heterocycles. The first-order valence-electron chi connectivity index (χ1n) is 6.06. The molecule has 0 saturated carbocycles. The molecule has 0 bridgehead atoms. The molecule has 0 fully saturated rings. The fourth-order valence-electron chi connectivity index (χ4n) is 2.02. The van der Waals surface area contributed by atoms with Gasteiger partial charge in [0, 0.05) is 5.69 Å². The van der Waals surface area contributed by atoms with Gasteiger partial charge in [-0.1, -0.05) is 48.9 Å². The molecule has 0 saturated heterocycles. The molecule has 2 aromatic rings. The van der Waals surface area contributed by atoms with Crippen molar-refractivity contribution in [2.75, 3.05) is 5.73 Å². The summed E-state index contributed by atoms with van der Waals surface area (Å²) in [7, 11) is 0. The monoisotopic (exact) mass is 225 g/mol. The lowest BCUT2D eigenvalue weighted by atomic mass is 9.93. The fourth-order valence-corrected chi connectivity index (χ4v) is 2.02. The standard InChI is InChI=1S/C16H19N/c1-12-3-7-15(8-4-12)13(2)11-14-5-9-16(17)10-6-14/h3-10,13H,11,17H2,1-2H3. The van der Waals surface area contributed by atoms with E-state index < -0.39 is 0 Å². The van der Waals surface area contributed by atoms with Gasteiger partial charge in [-0.05, 0) is 42.5 Å². The van der Waals surface area contributed by atoms with Gasteiger partial charge in [-0.3, -0.25) is 0 Å². The SMILES string of the molecule is Cc1ccc(C(C)Cc2ccc(N)cc2)cc1. The third-order valence-electron chi connectivity index (χ3n) is 3.17. The number of rotatable bonds is 3. The number of nitrogen functional groups attached to an aromatic ring is 1. The summed E-state index contributed by atoms with van der Waals surface area (Å²) >= 11 is 0. The van der Waals surface area contributed by atoms with Gasteiger partial charge >= 0.3 is 0 Å². The van der Waals surface area contributed by atoms with Gasteiger partial charge in [0.25, 0.3) is 0 Å². The van der Waals surface area contributed by atoms with Crippen LogP contribution >= 0.6 is 0 Å². The number of aryl methyl sites for hydroxylation is 1. The average molecular weight is 225 g/mol. The van der Waals surface area contributed by atoms with Gasteiger partial charge in [0.2, 0.25) is 0 Å². The smallest absolute Gasteiger partial charge is 0.0314 e. The van der Waals surface area contributed by atoms with E-state index in [1.807, 2.05) is 12.1 Å². The van der Waals surface area contributed by atoms with Crippen LogP contribution in [0.15, 0.2) is 48.5 Å². The summed E-state index contributed by atoms with van der Waals surface area (Å²) in [6.45, 7) is 4.38. The quantitative estimate of drug-likeness (QED) is 0.787. The molecular formula is C16H19N. The van der Waals surface area contributed by atoms with E-state index in [1.54, 1.807) is 0 Å². The summed E-state index contributed by atoms with van der Waals surface area (Å²) in [4.78, 5) is 0. The summed E-state index contributed by atoms with van der Waals surface area (Å²) in [5, 5.41) is 0. The van der Waals surface area contributed by atoms with Gasteiger partial charge in [-0.2, -0.15) is 0 Å². The van der Waals surface area contributed by atoms with E-state index in [-0.39, 0.29) is 0 Å². The zero-order valence-corrected chi connectivity index (χ0v) is 10.5. The molecule has 1 nitrogen and oxygen atoms in total. The van der Waals surface area contributed by atoms with Crippen molar-refractivity contribution in [1.29, 1.82) is 0 Å². The average Bonchev–Trinajstić information content (AvgIpc) is 2.33. The number of nitrogens with two attached hydrogens (primary N) is 1. The van der Waals surface area contributed by atoms with E-state index in [9.17, 15) is 0 Å². The molecule has 0 aliphatic rings. The Morgan fingerprint density at radius 3 is 2.12 bits per heavy atom. The first-order valence-corrected chi connectivity index (χ1v) is 6.06. The number of hydrogen-bond acceptors (Lipinski definition) is 1. The molecule has 88 valence electrons. The van der Waals surface area contributed by atoms with Crippen molar-refractivity contribution < 1.29 is 0 Å². The van der Waals surface area contributed by atoms with Crippen LogP contribution in [-0.2, 0) is 6.42 Å². The third kappa shape index (κ3) is 3.10. The molecule has 1 unspecified atom stereocenters. The second-order valence-corrected chi connectivity index (χ2v) is 4.76. The molecule has 1 heteroatoms. The molecule has 1 atom stereocenters. The summed E-state index contributed by atoms with van der Waals surface area (Å²) in [6.07, 6.45) is 1.06. The van der Waals surface area contributed by atoms with Crippen molar-refractivity contribution in [3.05, 3.63) is 65.2 Å². The van der Waals surface area contributed by atoms with Gasteiger partial charge in [-0.15, -0.1) is 0 Å². The second kappa shape index (κ2) is 5.05. The highest BCUT2D eigenvalue weighted by atomic mass is 14.5. The third-order valence-corrected chi connectivity index (χ3v) is 3.17. The Morgan fingerprint density at radius 1 is 0.941 bits per heavy atom. The minimum Gasteiger partial charge on any atom is -0.399 e. The highest BCUT2D eigenvalue weighted by molar-refractivity contribution is 5.39. The van der Waals surface area contributed by atoms with Crippen LogP contribution in [0.5, 0.6) is 0 Å². The Hall–Kier alpha value is -1.76. The molecule has 2 aromatic carbocycles. The van der Waals surface area contributed by atoms with Crippen molar-refractivity contribution >= 4 is 5.69 Å². The zero-order chi connectivity index (χ0) is 12.3. The van der Waals surface area contributed by atoms with Crippen molar-refractivity contribution in [3.63, 3.8) is 0 Å². The summed E-state index contributed by atoms with van der Waals surface area (Å²) in [5.74, 6) is 0.541. The van der Waals surface area contributed by atoms with Gasteiger partial charge in [0.05, 0.1) is 0 Å². The highest BCUT2D eigenvalue weighted by Gasteiger charge is 2.06. The molecule has 0 amide bonds. The Labute approximate surface area is 103 Å². The maximum atomic E-state index is 5.69. The highest BCUT2D eigenvalue weighted by Crippen LogP contribution is 2.21. The van der Waals surface area contributed by atoms with E-state index in [1.165, 1.54) is 16.7 Å². The van der Waals surface area contributed by atoms with E-state index >= 15 is 0 Å². The van der Waals surface area contributed by atoms with Crippen LogP contribution in [0.4, 0.5) is 5.69 Å². The Morgan fingerprint density at radius 2 is 1.53 bits per heavy atom. The predicted octanol–water partition coefficient (Wildman–Crippen LogP) is 3.92. The van der Waals surface area contributed by atoms with E-state index in [0.717, 1.165) is 12.1 Å². The van der Waals surface area contributed by atoms with Gasteiger partial charge in [0.15, 0.2) is 0 Å². The maximum absolute atomic E-state index is 5.69. The first kappa shape index (κ1) is 11.7. The van der Waals surface area contributed by atoms with E-state index in [2.05, 4.69) is 50.2 Å². The molecule has 2 N–H and O–H groups in total. The minimum absolute atomic E-state index is 0.541. The lowest BCUT2D eigenvalue weighted by Crippen LogP contribution is -1.98. The molecule has 0 radical (unpaired) electrons. The number of hydrogen-bond donors (Lipinski definition) is 1. The van der Waals surface area contributed by atoms with E-state index in [4.69, 9.17) is 5.73 Å². The molecule has 0 aliphatic carbocycles. The molecule has 0 aromatic heterocycles. The van der Waals surface area contributed by atoms with Crippen molar-refractivity contribution in [2.24, 2.45) is 0 Å². The Balaban J connectivity index is 2.08. The molecule has 17 heavy (non-hydrogen) atoms. The fraction of sp³-hybridized carbons (Fsp3) is 0.250. The van der Waals surface area contributed by atoms with Gasteiger partial charge in [-0.25, -0.2) is 0 Å². The van der Waals surface area contributed by atoms with Crippen LogP contribution < -0.4 is 5.73 Å². The molecule has 0 aliphatic heterocycles. The molecule has 2 rings (SSSR count). The van der Waals surface area contributed by atoms with Gasteiger partial charge in [0.1, 0.15) is 0 Å². The summed E-state index contributed by atoms with van der Waals surface area (Å²) in [5.41, 5.74) is 10.6. The second-order valence-electron chi connectivity index (χ2n) is 4.76. The van der Waals surface area contributed by atoms with Crippen LogP contribution in [0.2, 0.25) is 0 Å². The topological polar surface area (TPSA) is 26.0 Å². The van der Waals surface area contributed by atoms with Crippen LogP contribution in [0.1, 0.15) is 29.5 Å². The summed E-state index contributed by atoms with van der Waals surface area (Å²) < 4.78 is 0. The lowest BCUT2D eigenvalue weighted by Gasteiger charge is -2.12. The van der Waals surface area contributed by atoms with Crippen LogP contribution in [-0.4, -0.2) is 0 Å². The van der Waals surface area contributed by atoms with Crippen molar-refractivity contribution in [3.8, 4) is 0 Å². The lowest BCUT2D eigenvalue weighted by molar-refractivity contribution is 0.759. The summed E-state index contributed by atoms with van der Waals surface area (Å²) in [6, 6.07) is 17.0. The predicted molar refractivity (Wildman–Crippen MR) is 74.2 cm³/mol. The van der Waals surface area contributed by atoms with Crippen molar-refractivity contribution in [1.82, 2.24) is 0 Å². The minimum atomic E-state index is 0.541. The van der Waals surface area contributed by atoms with Crippen LogP contribution in [0.25, 0.3) is 0 Å². The Bertz CT molecular complexity index is 468.